The van der Waals surface area contributed by atoms with Crippen molar-refractivity contribution in [1.82, 2.24) is 0 Å². The van der Waals surface area contributed by atoms with E-state index in [1.807, 2.05) is 0 Å². The van der Waals surface area contributed by atoms with Crippen molar-refractivity contribution >= 4 is 21.9 Å². The van der Waals surface area contributed by atoms with Gasteiger partial charge in [-0.15, -0.1) is 0 Å². The Balaban J connectivity index is 1.86. The Morgan fingerprint density at radius 2 is 1.81 bits per heavy atom. The first-order valence-corrected chi connectivity index (χ1v) is 8.94. The summed E-state index contributed by atoms with van der Waals surface area (Å²) >= 11 is 0. The minimum Gasteiger partial charge on any atom is -0.743 e. The number of alkyl halides is 5. The van der Waals surface area contributed by atoms with E-state index in [0.29, 0.717) is 0 Å². The number of Topliss-reactive ketones (excluding diaryl/α,β-unsaturated/α-hetero) is 1. The summed E-state index contributed by atoms with van der Waals surface area (Å²) in [6.07, 6.45) is -11.3. The molecular formula is C13H12F5O7S-. The van der Waals surface area contributed by atoms with E-state index in [0.717, 1.165) is 0 Å². The predicted molar refractivity (Wildman–Crippen MR) is 68.6 cm³/mol. The van der Waals surface area contributed by atoms with Crippen molar-refractivity contribution in [3.8, 4) is 0 Å². The van der Waals surface area contributed by atoms with Crippen LogP contribution in [0.4, 0.5) is 22.0 Å². The van der Waals surface area contributed by atoms with Gasteiger partial charge in [-0.1, -0.05) is 0 Å². The van der Waals surface area contributed by atoms with E-state index >= 15 is 0 Å². The molecule has 0 aromatic rings. The third-order valence-corrected chi connectivity index (χ3v) is 5.90. The van der Waals surface area contributed by atoms with E-state index in [1.165, 1.54) is 0 Å². The van der Waals surface area contributed by atoms with Gasteiger partial charge in [-0.2, -0.15) is 22.0 Å². The van der Waals surface area contributed by atoms with Crippen LogP contribution in [-0.4, -0.2) is 54.5 Å². The van der Waals surface area contributed by atoms with Crippen LogP contribution in [0.3, 0.4) is 0 Å². The zero-order valence-corrected chi connectivity index (χ0v) is 13.6. The van der Waals surface area contributed by atoms with Crippen LogP contribution in [0.2, 0.25) is 0 Å². The molecule has 13 heteroatoms. The van der Waals surface area contributed by atoms with Crippen LogP contribution in [0.5, 0.6) is 0 Å². The van der Waals surface area contributed by atoms with Gasteiger partial charge in [-0.05, 0) is 25.2 Å². The first-order valence-electron chi connectivity index (χ1n) is 7.53. The van der Waals surface area contributed by atoms with Gasteiger partial charge in [-0.3, -0.25) is 9.59 Å². The number of ether oxygens (including phenoxy) is 2. The normalized spacial score (nSPS) is 35.5. The van der Waals surface area contributed by atoms with E-state index in [4.69, 9.17) is 4.74 Å². The number of rotatable bonds is 4. The molecule has 2 saturated heterocycles. The molecule has 2 aliphatic carbocycles. The molecular weight excluding hydrogens is 395 g/mol. The molecule has 0 N–H and O–H groups in total. The Morgan fingerprint density at radius 1 is 1.19 bits per heavy atom. The molecule has 6 atom stereocenters. The number of hydrogen-bond donors (Lipinski definition) is 0. The minimum absolute atomic E-state index is 0.0402. The second-order valence-electron chi connectivity index (χ2n) is 6.62. The Labute approximate surface area is 143 Å². The van der Waals surface area contributed by atoms with Gasteiger partial charge in [0.2, 0.25) is 0 Å². The van der Waals surface area contributed by atoms with Crippen molar-refractivity contribution in [2.75, 3.05) is 0 Å². The highest BCUT2D eigenvalue weighted by atomic mass is 32.2. The standard InChI is InChI=1S/C13H13F5O7S/c14-12(15,16)11(13(17,18)26(21,22)23)25-10(20)8-4-1-5-3-6(8)9(19)7(2-4)24-5/h4-8,11H,1-3H2,(H,21,22,23)/p-1. The zero-order valence-electron chi connectivity index (χ0n) is 12.7. The summed E-state index contributed by atoms with van der Waals surface area (Å²) in [7, 11) is -6.76. The summed E-state index contributed by atoms with van der Waals surface area (Å²) in [5, 5.41) is -5.90. The van der Waals surface area contributed by atoms with Gasteiger partial charge < -0.3 is 14.0 Å². The maximum Gasteiger partial charge on any atom is 0.432 e. The molecule has 7 nitrogen and oxygen atoms in total. The summed E-state index contributed by atoms with van der Waals surface area (Å²) in [4.78, 5) is 24.2. The summed E-state index contributed by atoms with van der Waals surface area (Å²) in [6, 6.07) is 0. The lowest BCUT2D eigenvalue weighted by molar-refractivity contribution is -0.264. The lowest BCUT2D eigenvalue weighted by atomic mass is 9.60. The fourth-order valence-corrected chi connectivity index (χ4v) is 4.42. The molecule has 0 aromatic carbocycles. The molecule has 148 valence electrons. The van der Waals surface area contributed by atoms with Gasteiger partial charge in [0, 0.05) is 5.92 Å². The fraction of sp³-hybridized carbons (Fsp3) is 0.846. The Morgan fingerprint density at radius 3 is 2.35 bits per heavy atom. The smallest absolute Gasteiger partial charge is 0.432 e. The number of halogens is 5. The molecule has 0 spiro atoms. The summed E-state index contributed by atoms with van der Waals surface area (Å²) in [5.41, 5.74) is 0. The Kier molecular flexibility index (Phi) is 4.35. The maximum atomic E-state index is 13.5. The van der Waals surface area contributed by atoms with Crippen molar-refractivity contribution in [2.24, 2.45) is 17.8 Å². The van der Waals surface area contributed by atoms with Crippen molar-refractivity contribution in [2.45, 2.75) is 49.0 Å². The van der Waals surface area contributed by atoms with Gasteiger partial charge in [-0.25, -0.2) is 8.42 Å². The monoisotopic (exact) mass is 407 g/mol. The van der Waals surface area contributed by atoms with Crippen LogP contribution in [-0.2, 0) is 29.2 Å². The first kappa shape index (κ1) is 19.4. The quantitative estimate of drug-likeness (QED) is 0.388. The lowest BCUT2D eigenvalue weighted by Gasteiger charge is -2.51. The van der Waals surface area contributed by atoms with Crippen molar-refractivity contribution in [3.05, 3.63) is 0 Å². The van der Waals surface area contributed by atoms with Gasteiger partial charge >= 0.3 is 17.4 Å². The highest BCUT2D eigenvalue weighted by Crippen LogP contribution is 2.50. The molecule has 6 unspecified atom stereocenters. The lowest BCUT2D eigenvalue weighted by Crippen LogP contribution is -2.60. The van der Waals surface area contributed by atoms with E-state index in [2.05, 4.69) is 4.74 Å². The van der Waals surface area contributed by atoms with Gasteiger partial charge in [0.15, 0.2) is 15.9 Å². The number of carbonyl (C=O) groups is 2. The number of carbonyl (C=O) groups excluding carboxylic acids is 2. The molecule has 0 amide bonds. The van der Waals surface area contributed by atoms with E-state index in [-0.39, 0.29) is 25.4 Å². The molecule has 4 fully saturated rings. The Bertz CT molecular complexity index is 734. The molecule has 26 heavy (non-hydrogen) atoms. The first-order chi connectivity index (χ1) is 11.7. The molecule has 4 rings (SSSR count). The average Bonchev–Trinajstić information content (AvgIpc) is 2.46. The third-order valence-electron chi connectivity index (χ3n) is 5.02. The molecule has 2 aliphatic heterocycles. The summed E-state index contributed by atoms with van der Waals surface area (Å²) < 4.78 is 106. The summed E-state index contributed by atoms with van der Waals surface area (Å²) in [6.45, 7) is 0. The fourth-order valence-electron chi connectivity index (χ4n) is 3.98. The van der Waals surface area contributed by atoms with Gasteiger partial charge in [0.25, 0.3) is 6.10 Å². The van der Waals surface area contributed by atoms with Crippen molar-refractivity contribution in [3.63, 3.8) is 0 Å². The van der Waals surface area contributed by atoms with Gasteiger partial charge in [0.05, 0.1) is 12.0 Å². The second kappa shape index (κ2) is 5.83. The highest BCUT2D eigenvalue weighted by molar-refractivity contribution is 7.86. The molecule has 0 radical (unpaired) electrons. The third kappa shape index (κ3) is 2.99. The zero-order chi connectivity index (χ0) is 19.7. The van der Waals surface area contributed by atoms with Gasteiger partial charge in [0.1, 0.15) is 6.10 Å². The average molecular weight is 407 g/mol. The molecule has 4 aliphatic rings. The largest absolute Gasteiger partial charge is 0.743 e. The van der Waals surface area contributed by atoms with Crippen LogP contribution in [0, 0.1) is 17.8 Å². The van der Waals surface area contributed by atoms with Crippen LogP contribution in [0.25, 0.3) is 0 Å². The van der Waals surface area contributed by atoms with Crippen LogP contribution >= 0.6 is 0 Å². The van der Waals surface area contributed by atoms with E-state index in [1.54, 1.807) is 0 Å². The topological polar surface area (TPSA) is 110 Å². The predicted octanol–water partition coefficient (Wildman–Crippen LogP) is 0.981. The van der Waals surface area contributed by atoms with Crippen LogP contribution in [0.15, 0.2) is 0 Å². The molecule has 2 saturated carbocycles. The van der Waals surface area contributed by atoms with Crippen molar-refractivity contribution in [1.29, 1.82) is 0 Å². The second-order valence-corrected chi connectivity index (χ2v) is 8.08. The van der Waals surface area contributed by atoms with E-state index in [9.17, 15) is 44.5 Å². The number of ketones is 1. The van der Waals surface area contributed by atoms with Crippen molar-refractivity contribution < 1.29 is 54.0 Å². The minimum atomic E-state index is -6.76. The summed E-state index contributed by atoms with van der Waals surface area (Å²) in [5.74, 6) is -5.34. The van der Waals surface area contributed by atoms with E-state index < -0.39 is 63.3 Å². The molecule has 4 bridgehead atoms. The molecule has 2 heterocycles. The van der Waals surface area contributed by atoms with Crippen LogP contribution in [0.1, 0.15) is 19.3 Å². The number of esters is 1. The molecule has 0 aromatic heterocycles. The maximum absolute atomic E-state index is 13.5. The SMILES string of the molecule is O=C1C2CC3CC(CC1C3C(=O)OC(C(F)(F)F)C(F)(F)S(=O)(=O)[O-])O2. The highest BCUT2D eigenvalue weighted by Gasteiger charge is 2.64. The number of hydrogen-bond acceptors (Lipinski definition) is 7. The van der Waals surface area contributed by atoms with Crippen LogP contribution < -0.4 is 0 Å². The Hall–Kier alpha value is -1.34.